The second-order valence-corrected chi connectivity index (χ2v) is 5.50. The van der Waals surface area contributed by atoms with Gasteiger partial charge >= 0.3 is 11.9 Å². The van der Waals surface area contributed by atoms with Crippen LogP contribution in [0.15, 0.2) is 54.6 Å². The number of carbonyl (C=O) groups is 2. The molecule has 0 fully saturated rings. The van der Waals surface area contributed by atoms with E-state index in [4.69, 9.17) is 21.1 Å². The predicted molar refractivity (Wildman–Crippen MR) is 91.8 cm³/mol. The molecule has 0 aliphatic rings. The third-order valence-electron chi connectivity index (χ3n) is 3.57. The summed E-state index contributed by atoms with van der Waals surface area (Å²) < 4.78 is 9.59. The lowest BCUT2D eigenvalue weighted by molar-refractivity contribution is -0.159. The lowest BCUT2D eigenvalue weighted by Crippen LogP contribution is -2.35. The van der Waals surface area contributed by atoms with Crippen molar-refractivity contribution in [2.45, 2.75) is 6.04 Å². The number of nitrogens with one attached hydrogen (secondary N) is 1. The smallest absolute Gasteiger partial charge is 0.322 e. The van der Waals surface area contributed by atoms with Crippen molar-refractivity contribution in [1.82, 2.24) is 0 Å². The average Bonchev–Trinajstić information content (AvgIpc) is 2.63. The third kappa shape index (κ3) is 4.26. The summed E-state index contributed by atoms with van der Waals surface area (Å²) in [5.41, 5.74) is 1.47. The van der Waals surface area contributed by atoms with E-state index in [0.29, 0.717) is 10.7 Å². The number of methoxy groups -OCH3 is 2. The van der Waals surface area contributed by atoms with Gasteiger partial charge in [-0.1, -0.05) is 41.9 Å². The van der Waals surface area contributed by atoms with Gasteiger partial charge in [0, 0.05) is 10.7 Å². The first-order chi connectivity index (χ1) is 11.6. The van der Waals surface area contributed by atoms with Crippen molar-refractivity contribution in [3.63, 3.8) is 0 Å². The third-order valence-corrected chi connectivity index (χ3v) is 3.82. The van der Waals surface area contributed by atoms with Gasteiger partial charge in [0.15, 0.2) is 5.92 Å². The fourth-order valence-corrected chi connectivity index (χ4v) is 2.49. The molecule has 0 saturated carbocycles. The molecule has 0 amide bonds. The van der Waals surface area contributed by atoms with Gasteiger partial charge in [0.2, 0.25) is 0 Å². The highest BCUT2D eigenvalue weighted by Crippen LogP contribution is 2.29. The molecule has 1 N–H and O–H groups in total. The molecule has 0 saturated heterocycles. The van der Waals surface area contributed by atoms with Gasteiger partial charge in [0.05, 0.1) is 20.3 Å². The highest BCUT2D eigenvalue weighted by molar-refractivity contribution is 6.30. The van der Waals surface area contributed by atoms with Crippen LogP contribution in [0.1, 0.15) is 11.6 Å². The van der Waals surface area contributed by atoms with E-state index in [1.807, 2.05) is 30.3 Å². The quantitative estimate of drug-likeness (QED) is 0.640. The molecule has 1 atom stereocenters. The molecule has 0 radical (unpaired) electrons. The maximum atomic E-state index is 12.2. The molecule has 0 bridgehead atoms. The number of halogens is 1. The molecule has 5 nitrogen and oxygen atoms in total. The Morgan fingerprint density at radius 1 is 0.917 bits per heavy atom. The van der Waals surface area contributed by atoms with Crippen molar-refractivity contribution in [2.75, 3.05) is 19.5 Å². The van der Waals surface area contributed by atoms with Crippen LogP contribution in [-0.2, 0) is 19.1 Å². The van der Waals surface area contributed by atoms with E-state index in [1.54, 1.807) is 24.3 Å². The number of hydrogen-bond acceptors (Lipinski definition) is 5. The second kappa shape index (κ2) is 8.36. The van der Waals surface area contributed by atoms with E-state index in [2.05, 4.69) is 5.32 Å². The summed E-state index contributed by atoms with van der Waals surface area (Å²) in [6, 6.07) is 15.5. The molecule has 2 rings (SSSR count). The minimum Gasteiger partial charge on any atom is -0.468 e. The van der Waals surface area contributed by atoms with Gasteiger partial charge in [-0.3, -0.25) is 9.59 Å². The molecule has 0 aliphatic carbocycles. The number of carbonyl (C=O) groups excluding carboxylic acids is 2. The molecule has 6 heteroatoms. The normalized spacial score (nSPS) is 11.7. The number of anilines is 1. The summed E-state index contributed by atoms with van der Waals surface area (Å²) in [5.74, 6) is -2.48. The Hall–Kier alpha value is -2.53. The fourth-order valence-electron chi connectivity index (χ4n) is 2.37. The van der Waals surface area contributed by atoms with Gasteiger partial charge in [0.1, 0.15) is 0 Å². The van der Waals surface area contributed by atoms with Crippen LogP contribution in [0.5, 0.6) is 0 Å². The van der Waals surface area contributed by atoms with E-state index < -0.39 is 23.9 Å². The zero-order valence-electron chi connectivity index (χ0n) is 13.4. The Bertz CT molecular complexity index is 672. The van der Waals surface area contributed by atoms with Crippen molar-refractivity contribution >= 4 is 29.2 Å². The Balaban J connectivity index is 2.42. The second-order valence-electron chi connectivity index (χ2n) is 5.06. The Morgan fingerprint density at radius 2 is 1.46 bits per heavy atom. The highest BCUT2D eigenvalue weighted by atomic mass is 35.5. The van der Waals surface area contributed by atoms with Crippen LogP contribution in [0, 0.1) is 5.92 Å². The van der Waals surface area contributed by atoms with Gasteiger partial charge in [-0.25, -0.2) is 0 Å². The zero-order chi connectivity index (χ0) is 17.5. The van der Waals surface area contributed by atoms with Crippen LogP contribution in [0.25, 0.3) is 0 Å². The van der Waals surface area contributed by atoms with Crippen molar-refractivity contribution in [3.8, 4) is 0 Å². The first-order valence-electron chi connectivity index (χ1n) is 7.29. The van der Waals surface area contributed by atoms with E-state index in [1.165, 1.54) is 14.2 Å². The van der Waals surface area contributed by atoms with E-state index in [0.717, 1.165) is 5.56 Å². The summed E-state index contributed by atoms with van der Waals surface area (Å²) in [4.78, 5) is 24.4. The van der Waals surface area contributed by atoms with E-state index >= 15 is 0 Å². The summed E-state index contributed by atoms with van der Waals surface area (Å²) >= 11 is 5.90. The molecule has 2 aromatic rings. The van der Waals surface area contributed by atoms with Gasteiger partial charge in [-0.05, 0) is 29.8 Å². The van der Waals surface area contributed by atoms with Gasteiger partial charge < -0.3 is 14.8 Å². The van der Waals surface area contributed by atoms with Gasteiger partial charge in [-0.15, -0.1) is 0 Å². The number of hydrogen-bond donors (Lipinski definition) is 1. The summed E-state index contributed by atoms with van der Waals surface area (Å²) in [6.45, 7) is 0. The molecule has 0 spiro atoms. The molecule has 0 aromatic heterocycles. The summed E-state index contributed by atoms with van der Waals surface area (Å²) in [7, 11) is 2.48. The van der Waals surface area contributed by atoms with Crippen LogP contribution in [0.2, 0.25) is 5.02 Å². The number of ether oxygens (including phenoxy) is 2. The summed E-state index contributed by atoms with van der Waals surface area (Å²) in [6.07, 6.45) is 0. The highest BCUT2D eigenvalue weighted by Gasteiger charge is 2.38. The molecule has 24 heavy (non-hydrogen) atoms. The predicted octanol–water partition coefficient (Wildman–Crippen LogP) is 3.46. The Labute approximate surface area is 145 Å². The Morgan fingerprint density at radius 3 is 1.96 bits per heavy atom. The standard InChI is InChI=1S/C18H18ClNO4/c1-23-17(21)15(18(22)24-2)16(12-6-4-3-5-7-12)20-14-10-8-13(19)9-11-14/h3-11,15-16,20H,1-2H3/t16-/m1/s1. The number of benzene rings is 2. The lowest BCUT2D eigenvalue weighted by Gasteiger charge is -2.26. The van der Waals surface area contributed by atoms with Crippen LogP contribution < -0.4 is 5.32 Å². The fraction of sp³-hybridized carbons (Fsp3) is 0.222. The topological polar surface area (TPSA) is 64.6 Å². The molecule has 0 aliphatic heterocycles. The SMILES string of the molecule is COC(=O)C(C(=O)OC)[C@H](Nc1ccc(Cl)cc1)c1ccccc1. The van der Waals surface area contributed by atoms with Crippen LogP contribution in [-0.4, -0.2) is 26.2 Å². The van der Waals surface area contributed by atoms with E-state index in [-0.39, 0.29) is 0 Å². The Kier molecular flexibility index (Phi) is 6.21. The molecular weight excluding hydrogens is 330 g/mol. The summed E-state index contributed by atoms with van der Waals surface area (Å²) in [5, 5.41) is 3.78. The maximum absolute atomic E-state index is 12.2. The first-order valence-corrected chi connectivity index (χ1v) is 7.67. The van der Waals surface area contributed by atoms with Crippen LogP contribution >= 0.6 is 11.6 Å². The van der Waals surface area contributed by atoms with Gasteiger partial charge in [0.25, 0.3) is 0 Å². The number of esters is 2. The van der Waals surface area contributed by atoms with Crippen molar-refractivity contribution in [3.05, 3.63) is 65.2 Å². The van der Waals surface area contributed by atoms with Crippen LogP contribution in [0.4, 0.5) is 5.69 Å². The molecule has 0 heterocycles. The largest absolute Gasteiger partial charge is 0.468 e. The lowest BCUT2D eigenvalue weighted by atomic mass is 9.92. The zero-order valence-corrected chi connectivity index (χ0v) is 14.1. The van der Waals surface area contributed by atoms with E-state index in [9.17, 15) is 9.59 Å². The van der Waals surface area contributed by atoms with Crippen molar-refractivity contribution in [2.24, 2.45) is 5.92 Å². The monoisotopic (exact) mass is 347 g/mol. The van der Waals surface area contributed by atoms with Crippen molar-refractivity contribution in [1.29, 1.82) is 0 Å². The molecule has 126 valence electrons. The first kappa shape index (κ1) is 17.8. The average molecular weight is 348 g/mol. The number of rotatable bonds is 6. The minimum absolute atomic E-state index is 0.592. The van der Waals surface area contributed by atoms with Gasteiger partial charge in [-0.2, -0.15) is 0 Å². The molecule has 0 unspecified atom stereocenters. The van der Waals surface area contributed by atoms with Crippen molar-refractivity contribution < 1.29 is 19.1 Å². The molecule has 2 aromatic carbocycles. The maximum Gasteiger partial charge on any atom is 0.322 e. The minimum atomic E-state index is -1.14. The van der Waals surface area contributed by atoms with Crippen LogP contribution in [0.3, 0.4) is 0 Å². The molecular formula is C18H18ClNO4.